The molecule has 5 fully saturated rings. The van der Waals surface area contributed by atoms with Crippen molar-refractivity contribution in [1.82, 2.24) is 60.0 Å². The van der Waals surface area contributed by atoms with Crippen molar-refractivity contribution in [3.63, 3.8) is 0 Å². The molecule has 28 nitrogen and oxygen atoms in total. The van der Waals surface area contributed by atoms with Gasteiger partial charge in [-0.3, -0.25) is 52.7 Å². The first kappa shape index (κ1) is 111. The molecular formula is C116H135N13O15S4. The van der Waals surface area contributed by atoms with Crippen LogP contribution in [-0.4, -0.2) is 247 Å². The Hall–Kier alpha value is -12.7. The minimum atomic E-state index is -0.956. The number of aliphatic hydroxyl groups is 4. The Kier molecular flexibility index (Phi) is 36.9. The predicted molar refractivity (Wildman–Crippen MR) is 577 cm³/mol. The number of β-amino-alcohol motifs (C(OH)–C–C–N with tert-alkyl or cyclic N) is 4. The second-order valence-electron chi connectivity index (χ2n) is 42.8. The average Bonchev–Trinajstić information content (AvgIpc) is 1.60. The van der Waals surface area contributed by atoms with Crippen LogP contribution in [0.2, 0.25) is 0 Å². The van der Waals surface area contributed by atoms with Gasteiger partial charge in [-0.1, -0.05) is 220 Å². The number of Topliss-reactive ketones (excluding diaryl/α,β-unsaturated/α-hetero) is 4. The number of hydrogen-bond donors (Lipinski definition) is 6. The van der Waals surface area contributed by atoms with Crippen LogP contribution in [0.15, 0.2) is 198 Å². The smallest absolute Gasteiger partial charge is 0.255 e. The predicted octanol–water partition coefficient (Wildman–Crippen LogP) is 17.0. The maximum Gasteiger partial charge on any atom is 0.255 e. The van der Waals surface area contributed by atoms with Gasteiger partial charge in [-0.2, -0.15) is 0 Å². The average molecular weight is 2080 g/mol. The Labute approximate surface area is 882 Å². The van der Waals surface area contributed by atoms with E-state index in [4.69, 9.17) is 6.57 Å². The topological polar surface area (TPSA) is 368 Å². The molecule has 0 spiro atoms. The summed E-state index contributed by atoms with van der Waals surface area (Å²) in [6.45, 7) is 34.9. The van der Waals surface area contributed by atoms with E-state index in [2.05, 4.69) is 76.7 Å². The van der Waals surface area contributed by atoms with Crippen LogP contribution in [0.25, 0.3) is 46.6 Å². The molecule has 6 aliphatic heterocycles. The summed E-state index contributed by atoms with van der Waals surface area (Å²) in [5.74, 6) is -2.34. The number of carbonyl (C=O) groups excluding carboxylic acids is 11. The number of rotatable bonds is 29. The molecule has 5 saturated heterocycles. The van der Waals surface area contributed by atoms with Crippen molar-refractivity contribution in [2.45, 2.75) is 253 Å². The molecule has 32 heteroatoms. The minimum Gasteiger partial charge on any atom is -0.391 e. The highest BCUT2D eigenvalue weighted by Gasteiger charge is 2.51. The number of nitrogens with zero attached hydrogens (tertiary/aromatic N) is 11. The SMILES string of the molecule is Cc1ncsc1-c1ccc(CCC(=O)[C@@H]2C[C@@H](O)CN2C(=O)[C@@H](N2Cc3ccccc3C2=O)C(C)(C)C)cc1.Cc1ncsc1-c1ccc(CCC(=O)[C@@H]2C[C@@H](O)CN2C(=O)[C@@H](NC(=O)C2CCN(C)CC2)C(C)(C)C)cc1.Cc1ncsc1-c1ccc(CCC(=O)[C@@H]2C[C@@H](O)CN2C(=O)c2ccccc2)cc1.[C-]#[N+]c1ccccc1C(=O)N[C@H](C(=O)N1C[C@H](O)C[C@H]1C(=O)CCc1ccc(-c2scnc2C)cc1)C(C)(C)C. The molecule has 0 unspecified atom stereocenters. The number of benzene rings is 7. The zero-order valence-corrected chi connectivity index (χ0v) is 89.9. The second-order valence-corrected chi connectivity index (χ2v) is 46.2. The number of para-hydroxylation sites is 1. The van der Waals surface area contributed by atoms with E-state index in [1.165, 1.54) is 19.6 Å². The third kappa shape index (κ3) is 27.5. The minimum absolute atomic E-state index is 0.00166. The van der Waals surface area contributed by atoms with Crippen LogP contribution in [-0.2, 0) is 70.6 Å². The number of thiazole rings is 4. The van der Waals surface area contributed by atoms with Crippen molar-refractivity contribution in [2.75, 3.05) is 46.3 Å². The summed E-state index contributed by atoms with van der Waals surface area (Å²) in [4.78, 5) is 182. The Morgan fingerprint density at radius 1 is 0.419 bits per heavy atom. The van der Waals surface area contributed by atoms with Crippen LogP contribution in [0.3, 0.4) is 0 Å². The first-order valence-electron chi connectivity index (χ1n) is 50.7. The number of nitrogens with one attached hydrogen (secondary N) is 2. The first-order chi connectivity index (χ1) is 70.5. The van der Waals surface area contributed by atoms with Crippen molar-refractivity contribution < 1.29 is 73.2 Å². The fourth-order valence-electron chi connectivity index (χ4n) is 20.3. The van der Waals surface area contributed by atoms with E-state index < -0.39 is 94.8 Å². The molecule has 10 heterocycles. The van der Waals surface area contributed by atoms with Gasteiger partial charge in [-0.25, -0.2) is 24.8 Å². The van der Waals surface area contributed by atoms with Crippen molar-refractivity contribution in [3.8, 4) is 41.8 Å². The van der Waals surface area contributed by atoms with E-state index in [0.717, 1.165) is 118 Å². The van der Waals surface area contributed by atoms with Crippen LogP contribution in [0.5, 0.6) is 0 Å². The van der Waals surface area contributed by atoms with E-state index in [1.54, 1.807) is 105 Å². The summed E-state index contributed by atoms with van der Waals surface area (Å²) >= 11 is 6.42. The van der Waals surface area contributed by atoms with Gasteiger partial charge in [0.2, 0.25) is 29.5 Å². The number of hydrogen-bond acceptors (Lipinski definition) is 24. The van der Waals surface area contributed by atoms with E-state index in [-0.39, 0.29) is 135 Å². The summed E-state index contributed by atoms with van der Waals surface area (Å²) in [5, 5.41) is 47.3. The summed E-state index contributed by atoms with van der Waals surface area (Å²) < 4.78 is 0. The zero-order chi connectivity index (χ0) is 106. The molecule has 11 atom stereocenters. The lowest BCUT2D eigenvalue weighted by Gasteiger charge is -2.40. The number of likely N-dealkylation sites (tertiary alicyclic amines) is 5. The lowest BCUT2D eigenvalue weighted by Crippen LogP contribution is -2.58. The van der Waals surface area contributed by atoms with Gasteiger partial charge in [-0.05, 0) is 171 Å². The number of aryl methyl sites for hydroxylation is 8. The molecule has 17 rings (SSSR count). The Bertz CT molecular complexity index is 6590. The van der Waals surface area contributed by atoms with Crippen LogP contribution in [0.4, 0.5) is 5.69 Å². The van der Waals surface area contributed by atoms with Gasteiger partial charge in [0.1, 0.15) is 18.1 Å². The number of fused-ring (bicyclic) bond motifs is 1. The summed E-state index contributed by atoms with van der Waals surface area (Å²) in [5.41, 5.74) is 20.6. The number of aliphatic hydroxyl groups excluding tert-OH is 4. The number of carbonyl (C=O) groups is 11. The van der Waals surface area contributed by atoms with Gasteiger partial charge in [0.05, 0.1) is 119 Å². The Balaban J connectivity index is 0.000000156. The van der Waals surface area contributed by atoms with E-state index >= 15 is 0 Å². The fourth-order valence-corrected chi connectivity index (χ4v) is 23.5. The summed E-state index contributed by atoms with van der Waals surface area (Å²) in [7, 11) is 2.05. The number of ketones is 4. The molecule has 7 aromatic carbocycles. The fraction of sp³-hybridized carbons (Fsp3) is 0.431. The maximum atomic E-state index is 14.1. The standard InChI is InChI=1S/C31H34N4O4S.C31H35N3O4S.C30H42N4O4S.C24H24N2O3S/c1-19-27(40-18-33-19)21-13-10-20(11-14-21)12-15-26(37)25-16-22(36)17-35(25)30(39)28(31(2,3)4)34-29(38)23-8-6-7-9-24(23)32-5;1-19-27(39-18-32-19)21-12-9-20(10-13-21)11-14-26(36)25-15-23(35)17-33(25)30(38)28(31(2,3)4)34-16-22-7-5-6-8-24(22)29(34)37;1-19-26(39-18-31-19)21-9-6-20(7-10-21)8-11-25(36)24-16-23(35)17-34(24)29(38)27(30(2,3)4)32-28(37)22-12-14-33(5)15-13-22;1-16-23(30-15-25-16)18-10-7-17(8-11-18)9-12-22(28)21-13-20(27)14-26(21)24(29)19-5-3-2-4-6-19/h6-11,13-14,18,22,25,28,36H,12,15-17H2,1-4H3,(H,34,38);5-10,12-13,18,23,25,28,35H,11,14-17H2,1-4H3;6-7,9-10,18,22-24,27,35H,8,11-17H2,1-5H3,(H,32,37);2-8,10-11,15,20-21,27H,9,12-14H2,1H3/t22-,25+,28-;23-,25+,28-;23-,24+,27-;20-,21+/m1111/s1. The largest absolute Gasteiger partial charge is 0.391 e. The third-order valence-electron chi connectivity index (χ3n) is 28.6. The number of amides is 7. The third-order valence-corrected chi connectivity index (χ3v) is 32.5. The van der Waals surface area contributed by atoms with Gasteiger partial charge in [0, 0.05) is 107 Å². The summed E-state index contributed by atoms with van der Waals surface area (Å²) in [6.07, 6.45) is 2.82. The van der Waals surface area contributed by atoms with Crippen LogP contribution >= 0.6 is 45.3 Å². The number of aromatic nitrogens is 4. The first-order valence-corrected chi connectivity index (χ1v) is 54.3. The molecule has 778 valence electrons. The van der Waals surface area contributed by atoms with Crippen molar-refractivity contribution in [1.29, 1.82) is 0 Å². The Morgan fingerprint density at radius 3 is 1.09 bits per heavy atom. The molecule has 7 amide bonds. The molecule has 0 saturated carbocycles. The van der Waals surface area contributed by atoms with E-state index in [0.29, 0.717) is 56.2 Å². The van der Waals surface area contributed by atoms with Crippen molar-refractivity contribution >= 4 is 116 Å². The molecule has 0 bridgehead atoms. The van der Waals surface area contributed by atoms with E-state index in [9.17, 15) is 73.2 Å². The highest BCUT2D eigenvalue weighted by atomic mass is 32.1. The van der Waals surface area contributed by atoms with Gasteiger partial charge in [-0.15, -0.1) is 45.3 Å². The van der Waals surface area contributed by atoms with Gasteiger partial charge in [0.25, 0.3) is 11.8 Å². The van der Waals surface area contributed by atoms with Crippen molar-refractivity contribution in [2.24, 2.45) is 22.2 Å². The van der Waals surface area contributed by atoms with Gasteiger partial charge >= 0.3 is 0 Å². The second kappa shape index (κ2) is 49.2. The van der Waals surface area contributed by atoms with Crippen molar-refractivity contribution in [3.05, 3.63) is 277 Å². The maximum absolute atomic E-state index is 14.1. The van der Waals surface area contributed by atoms with Crippen LogP contribution in [0, 0.1) is 56.4 Å². The molecule has 6 aliphatic rings. The molecule has 0 aliphatic carbocycles. The lowest BCUT2D eigenvalue weighted by molar-refractivity contribution is -0.144. The quantitative estimate of drug-likeness (QED) is 0.0237. The van der Waals surface area contributed by atoms with E-state index in [1.807, 2.05) is 204 Å². The molecule has 4 aromatic heterocycles. The molecule has 148 heavy (non-hydrogen) atoms. The summed E-state index contributed by atoms with van der Waals surface area (Å²) in [6, 6.07) is 50.2. The normalized spacial score (nSPS) is 19.5. The highest BCUT2D eigenvalue weighted by molar-refractivity contribution is 7.14. The zero-order valence-electron chi connectivity index (χ0n) is 86.7. The lowest BCUT2D eigenvalue weighted by atomic mass is 9.84. The molecule has 11 aromatic rings. The molecule has 0 radical (unpaired) electrons. The monoisotopic (exact) mass is 2080 g/mol. The van der Waals surface area contributed by atoms with Gasteiger partial charge in [0.15, 0.2) is 28.8 Å². The van der Waals surface area contributed by atoms with Crippen LogP contribution in [0.1, 0.15) is 208 Å². The Morgan fingerprint density at radius 2 is 0.750 bits per heavy atom. The highest BCUT2D eigenvalue weighted by Crippen LogP contribution is 2.40. The molecule has 6 N–H and O–H groups in total. The van der Waals surface area contributed by atoms with Gasteiger partial charge < -0.3 is 60.5 Å². The number of piperidine rings is 1. The van der Waals surface area contributed by atoms with Crippen LogP contribution < -0.4 is 10.6 Å². The molecular weight excluding hydrogens is 1940 g/mol.